The summed E-state index contributed by atoms with van der Waals surface area (Å²) in [6.45, 7) is 0.226. The van der Waals surface area contributed by atoms with Gasteiger partial charge in [0, 0.05) is 12.1 Å². The van der Waals surface area contributed by atoms with Gasteiger partial charge in [-0.3, -0.25) is 9.89 Å². The average Bonchev–Trinajstić information content (AvgIpc) is 2.75. The summed E-state index contributed by atoms with van der Waals surface area (Å²) in [6.07, 6.45) is 1.52. The highest BCUT2D eigenvalue weighted by Gasteiger charge is 2.13. The predicted molar refractivity (Wildman–Crippen MR) is 68.3 cm³/mol. The molecular formula is C11H10BrFN4O. The second-order valence-electron chi connectivity index (χ2n) is 3.59. The third kappa shape index (κ3) is 2.51. The molecule has 2 aromatic rings. The number of nitrogens with zero attached hydrogens (tertiary/aromatic N) is 1. The lowest BCUT2D eigenvalue weighted by Crippen LogP contribution is -2.23. The Labute approximate surface area is 111 Å². The standard InChI is InChI=1S/C11H10BrFN4O/c12-9-7(2-1-3-8(9)13)11(18)15-4-6-5-16-17-10(6)14/h1-3,5H,4H2,(H,15,18)(H3,14,16,17). The molecule has 0 fully saturated rings. The molecular weight excluding hydrogens is 303 g/mol. The molecule has 2 rings (SSSR count). The van der Waals surface area contributed by atoms with E-state index in [0.29, 0.717) is 11.4 Å². The zero-order chi connectivity index (χ0) is 13.1. The molecule has 5 nitrogen and oxygen atoms in total. The Morgan fingerprint density at radius 3 is 3.00 bits per heavy atom. The van der Waals surface area contributed by atoms with Gasteiger partial charge in [-0.2, -0.15) is 5.10 Å². The van der Waals surface area contributed by atoms with Crippen molar-refractivity contribution in [2.45, 2.75) is 6.54 Å². The van der Waals surface area contributed by atoms with Crippen molar-refractivity contribution in [1.29, 1.82) is 0 Å². The minimum absolute atomic E-state index is 0.141. The molecule has 0 radical (unpaired) electrons. The number of nitrogens with two attached hydrogens (primary N) is 1. The van der Waals surface area contributed by atoms with Crippen LogP contribution in [0.15, 0.2) is 28.9 Å². The van der Waals surface area contributed by atoms with E-state index in [1.165, 1.54) is 24.4 Å². The summed E-state index contributed by atoms with van der Waals surface area (Å²) >= 11 is 3.03. The number of aromatic nitrogens is 2. The van der Waals surface area contributed by atoms with Gasteiger partial charge in [0.15, 0.2) is 0 Å². The van der Waals surface area contributed by atoms with Crippen molar-refractivity contribution >= 4 is 27.7 Å². The summed E-state index contributed by atoms with van der Waals surface area (Å²) in [5, 5.41) is 8.93. The lowest BCUT2D eigenvalue weighted by molar-refractivity contribution is 0.0949. The number of carbonyl (C=O) groups is 1. The van der Waals surface area contributed by atoms with Crippen LogP contribution in [0.25, 0.3) is 0 Å². The number of hydrogen-bond acceptors (Lipinski definition) is 3. The number of rotatable bonds is 3. The SMILES string of the molecule is Nc1[nH]ncc1CNC(=O)c1cccc(F)c1Br. The topological polar surface area (TPSA) is 83.8 Å². The van der Waals surface area contributed by atoms with Crippen molar-refractivity contribution in [2.24, 2.45) is 0 Å². The van der Waals surface area contributed by atoms with Crippen molar-refractivity contribution in [1.82, 2.24) is 15.5 Å². The van der Waals surface area contributed by atoms with Crippen molar-refractivity contribution < 1.29 is 9.18 Å². The Morgan fingerprint density at radius 1 is 1.56 bits per heavy atom. The normalized spacial score (nSPS) is 10.3. The van der Waals surface area contributed by atoms with Crippen LogP contribution in [0.5, 0.6) is 0 Å². The highest BCUT2D eigenvalue weighted by molar-refractivity contribution is 9.10. The smallest absolute Gasteiger partial charge is 0.252 e. The molecule has 0 aliphatic heterocycles. The third-order valence-corrected chi connectivity index (χ3v) is 3.19. The molecule has 1 heterocycles. The number of carbonyl (C=O) groups excluding carboxylic acids is 1. The van der Waals surface area contributed by atoms with Gasteiger partial charge in [0.25, 0.3) is 5.91 Å². The molecule has 1 aromatic carbocycles. The van der Waals surface area contributed by atoms with E-state index in [2.05, 4.69) is 31.4 Å². The van der Waals surface area contributed by atoms with Crippen molar-refractivity contribution in [3.05, 3.63) is 45.8 Å². The molecule has 0 saturated carbocycles. The number of amides is 1. The number of nitrogens with one attached hydrogen (secondary N) is 2. The number of hydrogen-bond donors (Lipinski definition) is 3. The molecule has 0 unspecified atom stereocenters. The molecule has 1 aromatic heterocycles. The van der Waals surface area contributed by atoms with Crippen LogP contribution >= 0.6 is 15.9 Å². The van der Waals surface area contributed by atoms with Gasteiger partial charge in [-0.05, 0) is 28.1 Å². The Bertz CT molecular complexity index is 584. The van der Waals surface area contributed by atoms with Crippen LogP contribution < -0.4 is 11.1 Å². The van der Waals surface area contributed by atoms with Crippen LogP contribution in [-0.4, -0.2) is 16.1 Å². The quantitative estimate of drug-likeness (QED) is 0.808. The first-order chi connectivity index (χ1) is 8.59. The molecule has 18 heavy (non-hydrogen) atoms. The lowest BCUT2D eigenvalue weighted by Gasteiger charge is -2.06. The summed E-state index contributed by atoms with van der Waals surface area (Å²) in [6, 6.07) is 4.28. The minimum Gasteiger partial charge on any atom is -0.384 e. The maximum Gasteiger partial charge on any atom is 0.252 e. The summed E-state index contributed by atoms with van der Waals surface area (Å²) < 4.78 is 13.4. The highest BCUT2D eigenvalue weighted by Crippen LogP contribution is 2.20. The molecule has 0 aliphatic rings. The lowest BCUT2D eigenvalue weighted by atomic mass is 10.2. The van der Waals surface area contributed by atoms with Gasteiger partial charge in [-0.25, -0.2) is 4.39 Å². The molecule has 0 atom stereocenters. The van der Waals surface area contributed by atoms with Gasteiger partial charge in [-0.1, -0.05) is 6.07 Å². The van der Waals surface area contributed by atoms with E-state index >= 15 is 0 Å². The van der Waals surface area contributed by atoms with E-state index in [9.17, 15) is 9.18 Å². The van der Waals surface area contributed by atoms with Crippen molar-refractivity contribution in [2.75, 3.05) is 5.73 Å². The van der Waals surface area contributed by atoms with E-state index in [1.807, 2.05) is 0 Å². The number of anilines is 1. The van der Waals surface area contributed by atoms with E-state index in [-0.39, 0.29) is 22.5 Å². The largest absolute Gasteiger partial charge is 0.384 e. The maximum atomic E-state index is 13.3. The Kier molecular flexibility index (Phi) is 3.61. The summed E-state index contributed by atoms with van der Waals surface area (Å²) in [4.78, 5) is 11.8. The fourth-order valence-corrected chi connectivity index (χ4v) is 1.86. The Balaban J connectivity index is 2.09. The molecule has 7 heteroatoms. The fraction of sp³-hybridized carbons (Fsp3) is 0.0909. The zero-order valence-corrected chi connectivity index (χ0v) is 10.8. The number of benzene rings is 1. The van der Waals surface area contributed by atoms with E-state index in [4.69, 9.17) is 5.73 Å². The predicted octanol–water partition coefficient (Wildman–Crippen LogP) is 1.82. The Hall–Kier alpha value is -1.89. The van der Waals surface area contributed by atoms with Crippen LogP contribution in [0.4, 0.5) is 10.2 Å². The average molecular weight is 313 g/mol. The number of H-pyrrole nitrogens is 1. The maximum absolute atomic E-state index is 13.3. The van der Waals surface area contributed by atoms with E-state index in [0.717, 1.165) is 0 Å². The van der Waals surface area contributed by atoms with Crippen LogP contribution in [0.3, 0.4) is 0 Å². The molecule has 0 saturated heterocycles. The van der Waals surface area contributed by atoms with Crippen LogP contribution in [0.2, 0.25) is 0 Å². The second-order valence-corrected chi connectivity index (χ2v) is 4.39. The molecule has 4 N–H and O–H groups in total. The summed E-state index contributed by atoms with van der Waals surface area (Å²) in [5.41, 5.74) is 6.49. The van der Waals surface area contributed by atoms with Gasteiger partial charge in [-0.15, -0.1) is 0 Å². The monoisotopic (exact) mass is 312 g/mol. The fourth-order valence-electron chi connectivity index (χ4n) is 1.41. The van der Waals surface area contributed by atoms with Gasteiger partial charge in [0.1, 0.15) is 11.6 Å². The number of nitrogen functional groups attached to an aromatic ring is 1. The van der Waals surface area contributed by atoms with Crippen LogP contribution in [-0.2, 0) is 6.54 Å². The summed E-state index contributed by atoms with van der Waals surface area (Å²) in [7, 11) is 0. The second kappa shape index (κ2) is 5.18. The summed E-state index contributed by atoms with van der Waals surface area (Å²) in [5.74, 6) is -0.471. The van der Waals surface area contributed by atoms with Gasteiger partial charge in [0.05, 0.1) is 16.2 Å². The Morgan fingerprint density at radius 2 is 2.33 bits per heavy atom. The van der Waals surface area contributed by atoms with E-state index in [1.54, 1.807) is 0 Å². The third-order valence-electron chi connectivity index (χ3n) is 2.39. The molecule has 0 spiro atoms. The molecule has 94 valence electrons. The van der Waals surface area contributed by atoms with Gasteiger partial charge in [0.2, 0.25) is 0 Å². The zero-order valence-electron chi connectivity index (χ0n) is 9.21. The van der Waals surface area contributed by atoms with Crippen molar-refractivity contribution in [3.63, 3.8) is 0 Å². The van der Waals surface area contributed by atoms with Crippen LogP contribution in [0, 0.1) is 5.82 Å². The molecule has 0 aliphatic carbocycles. The minimum atomic E-state index is -0.481. The first-order valence-corrected chi connectivity index (χ1v) is 5.89. The first kappa shape index (κ1) is 12.6. The number of aromatic amines is 1. The van der Waals surface area contributed by atoms with Gasteiger partial charge >= 0.3 is 0 Å². The number of halogens is 2. The molecule has 0 bridgehead atoms. The van der Waals surface area contributed by atoms with Crippen LogP contribution in [0.1, 0.15) is 15.9 Å². The van der Waals surface area contributed by atoms with Crippen molar-refractivity contribution in [3.8, 4) is 0 Å². The van der Waals surface area contributed by atoms with Gasteiger partial charge < -0.3 is 11.1 Å². The first-order valence-electron chi connectivity index (χ1n) is 5.09. The highest BCUT2D eigenvalue weighted by atomic mass is 79.9. The van der Waals surface area contributed by atoms with E-state index < -0.39 is 5.82 Å². The molecule has 1 amide bonds.